The molecule has 4 heteroatoms. The number of nitrogens with one attached hydrogen (secondary N) is 2. The minimum absolute atomic E-state index is 0.0977. The van der Waals surface area contributed by atoms with Gasteiger partial charge in [0.25, 0.3) is 5.91 Å². The lowest BCUT2D eigenvalue weighted by Gasteiger charge is -2.29. The Morgan fingerprint density at radius 2 is 2.11 bits per heavy atom. The normalized spacial score (nSPS) is 18.0. The van der Waals surface area contributed by atoms with Gasteiger partial charge in [0, 0.05) is 17.2 Å². The van der Waals surface area contributed by atoms with E-state index < -0.39 is 0 Å². The Labute approximate surface area is 114 Å². The fourth-order valence-corrected chi connectivity index (χ4v) is 2.62. The molecule has 0 aromatic heterocycles. The van der Waals surface area contributed by atoms with Crippen LogP contribution in [-0.2, 0) is 0 Å². The molecule has 1 fully saturated rings. The molecule has 1 aromatic rings. The molecule has 0 saturated carbocycles. The van der Waals surface area contributed by atoms with E-state index in [0.717, 1.165) is 25.9 Å². The first kappa shape index (κ1) is 13.9. The number of phenolic OH excluding ortho intramolecular Hbond substituents is 1. The first-order chi connectivity index (χ1) is 9.09. The number of piperidine rings is 1. The number of amides is 1. The highest BCUT2D eigenvalue weighted by molar-refractivity contribution is 5.96. The van der Waals surface area contributed by atoms with E-state index >= 15 is 0 Å². The summed E-state index contributed by atoms with van der Waals surface area (Å²) in [5, 5.41) is 16.0. The van der Waals surface area contributed by atoms with E-state index in [2.05, 4.69) is 17.6 Å². The van der Waals surface area contributed by atoms with Crippen molar-refractivity contribution in [3.8, 4) is 5.75 Å². The molecule has 1 atom stereocenters. The van der Waals surface area contributed by atoms with Crippen molar-refractivity contribution in [3.63, 3.8) is 0 Å². The molecule has 0 spiro atoms. The van der Waals surface area contributed by atoms with Crippen LogP contribution in [0.3, 0.4) is 0 Å². The molecule has 1 unspecified atom stereocenters. The quantitative estimate of drug-likeness (QED) is 0.778. The van der Waals surface area contributed by atoms with Gasteiger partial charge in [-0.2, -0.15) is 0 Å². The van der Waals surface area contributed by atoms with Crippen LogP contribution in [-0.4, -0.2) is 30.1 Å². The summed E-state index contributed by atoms with van der Waals surface area (Å²) in [5.41, 5.74) is 1.19. The van der Waals surface area contributed by atoms with Crippen LogP contribution < -0.4 is 10.6 Å². The van der Waals surface area contributed by atoms with Gasteiger partial charge in [0.05, 0.1) is 0 Å². The Balaban J connectivity index is 2.02. The van der Waals surface area contributed by atoms with E-state index in [1.54, 1.807) is 25.1 Å². The fraction of sp³-hybridized carbons (Fsp3) is 0.533. The summed E-state index contributed by atoms with van der Waals surface area (Å²) in [4.78, 5) is 12.2. The molecule has 0 bridgehead atoms. The lowest BCUT2D eigenvalue weighted by Crippen LogP contribution is -2.42. The Hall–Kier alpha value is -1.55. The molecular formula is C15H22N2O2. The summed E-state index contributed by atoms with van der Waals surface area (Å²) in [6.07, 6.45) is 2.20. The first-order valence-electron chi connectivity index (χ1n) is 6.89. The summed E-state index contributed by atoms with van der Waals surface area (Å²) in [7, 11) is 0. The molecule has 0 radical (unpaired) electrons. The van der Waals surface area contributed by atoms with Crippen LogP contribution in [0.5, 0.6) is 5.75 Å². The van der Waals surface area contributed by atoms with Crippen molar-refractivity contribution in [1.29, 1.82) is 0 Å². The molecule has 1 saturated heterocycles. The predicted molar refractivity (Wildman–Crippen MR) is 75.4 cm³/mol. The van der Waals surface area contributed by atoms with Gasteiger partial charge < -0.3 is 15.7 Å². The zero-order valence-electron chi connectivity index (χ0n) is 11.6. The molecule has 19 heavy (non-hydrogen) atoms. The Morgan fingerprint density at radius 1 is 1.42 bits per heavy atom. The van der Waals surface area contributed by atoms with Crippen molar-refractivity contribution < 1.29 is 9.90 Å². The van der Waals surface area contributed by atoms with E-state index in [1.165, 1.54) is 0 Å². The molecule has 1 aliphatic heterocycles. The van der Waals surface area contributed by atoms with Crippen molar-refractivity contribution in [3.05, 3.63) is 29.3 Å². The minimum Gasteiger partial charge on any atom is -0.508 e. The van der Waals surface area contributed by atoms with Gasteiger partial charge in [-0.25, -0.2) is 0 Å². The van der Waals surface area contributed by atoms with Gasteiger partial charge in [-0.1, -0.05) is 6.07 Å². The van der Waals surface area contributed by atoms with E-state index in [-0.39, 0.29) is 17.7 Å². The van der Waals surface area contributed by atoms with E-state index in [1.807, 2.05) is 0 Å². The number of phenols is 1. The number of carbonyl (C=O) groups excluding carboxylic acids is 1. The topological polar surface area (TPSA) is 61.4 Å². The smallest absolute Gasteiger partial charge is 0.251 e. The number of aromatic hydroxyl groups is 1. The third-order valence-corrected chi connectivity index (χ3v) is 4.00. The molecule has 1 heterocycles. The molecule has 1 aromatic carbocycles. The Morgan fingerprint density at radius 3 is 2.79 bits per heavy atom. The lowest BCUT2D eigenvalue weighted by molar-refractivity contribution is 0.0919. The van der Waals surface area contributed by atoms with Crippen LogP contribution >= 0.6 is 0 Å². The highest BCUT2D eigenvalue weighted by atomic mass is 16.3. The third kappa shape index (κ3) is 3.26. The highest BCUT2D eigenvalue weighted by Crippen LogP contribution is 2.21. The molecule has 104 valence electrons. The standard InChI is InChI=1S/C15H22N2O2/c1-10-13(4-3-5-14(10)18)15(19)17-11(2)12-6-8-16-9-7-12/h3-5,11-12,16,18H,6-9H2,1-2H3,(H,17,19). The number of hydrogen-bond acceptors (Lipinski definition) is 3. The van der Waals surface area contributed by atoms with Gasteiger partial charge in [-0.3, -0.25) is 4.79 Å². The van der Waals surface area contributed by atoms with Crippen molar-refractivity contribution in [2.45, 2.75) is 32.7 Å². The average molecular weight is 262 g/mol. The molecule has 1 amide bonds. The van der Waals surface area contributed by atoms with Gasteiger partial charge in [0.1, 0.15) is 5.75 Å². The van der Waals surface area contributed by atoms with Crippen LogP contribution in [0.2, 0.25) is 0 Å². The summed E-state index contributed by atoms with van der Waals surface area (Å²) in [5.74, 6) is 0.601. The number of carbonyl (C=O) groups is 1. The Bertz CT molecular complexity index is 453. The largest absolute Gasteiger partial charge is 0.508 e. The third-order valence-electron chi connectivity index (χ3n) is 4.00. The first-order valence-corrected chi connectivity index (χ1v) is 6.89. The zero-order valence-corrected chi connectivity index (χ0v) is 11.6. The van der Waals surface area contributed by atoms with Gasteiger partial charge in [-0.15, -0.1) is 0 Å². The van der Waals surface area contributed by atoms with Gasteiger partial charge in [-0.05, 0) is 57.8 Å². The Kier molecular flexibility index (Phi) is 4.43. The summed E-state index contributed by atoms with van der Waals surface area (Å²) < 4.78 is 0. The van der Waals surface area contributed by atoms with Gasteiger partial charge in [0.15, 0.2) is 0 Å². The van der Waals surface area contributed by atoms with E-state index in [4.69, 9.17) is 0 Å². The average Bonchev–Trinajstić information content (AvgIpc) is 2.42. The second-order valence-electron chi connectivity index (χ2n) is 5.30. The fourth-order valence-electron chi connectivity index (χ4n) is 2.62. The van der Waals surface area contributed by atoms with Crippen LogP contribution in [0, 0.1) is 12.8 Å². The van der Waals surface area contributed by atoms with Crippen molar-refractivity contribution >= 4 is 5.91 Å². The number of rotatable bonds is 3. The SMILES string of the molecule is Cc1c(O)cccc1C(=O)NC(C)C1CCNCC1. The molecule has 2 rings (SSSR count). The summed E-state index contributed by atoms with van der Waals surface area (Å²) >= 11 is 0. The van der Waals surface area contributed by atoms with Crippen molar-refractivity contribution in [1.82, 2.24) is 10.6 Å². The van der Waals surface area contributed by atoms with Gasteiger partial charge in [0.2, 0.25) is 0 Å². The van der Waals surface area contributed by atoms with Crippen LogP contribution in [0.1, 0.15) is 35.7 Å². The predicted octanol–water partition coefficient (Wildman–Crippen LogP) is 1.82. The van der Waals surface area contributed by atoms with Crippen LogP contribution in [0.25, 0.3) is 0 Å². The molecule has 4 nitrogen and oxygen atoms in total. The van der Waals surface area contributed by atoms with E-state index in [0.29, 0.717) is 17.0 Å². The molecule has 1 aliphatic rings. The second-order valence-corrected chi connectivity index (χ2v) is 5.30. The minimum atomic E-state index is -0.0977. The molecule has 3 N–H and O–H groups in total. The van der Waals surface area contributed by atoms with E-state index in [9.17, 15) is 9.90 Å². The summed E-state index contributed by atoms with van der Waals surface area (Å²) in [6.45, 7) is 5.87. The maximum absolute atomic E-state index is 12.2. The van der Waals surface area contributed by atoms with Gasteiger partial charge >= 0.3 is 0 Å². The second kappa shape index (κ2) is 6.06. The monoisotopic (exact) mass is 262 g/mol. The van der Waals surface area contributed by atoms with Crippen LogP contribution in [0.15, 0.2) is 18.2 Å². The summed E-state index contributed by atoms with van der Waals surface area (Å²) in [6, 6.07) is 5.21. The maximum Gasteiger partial charge on any atom is 0.251 e. The maximum atomic E-state index is 12.2. The molecule has 0 aliphatic carbocycles. The van der Waals surface area contributed by atoms with Crippen LogP contribution in [0.4, 0.5) is 0 Å². The zero-order chi connectivity index (χ0) is 13.8. The van der Waals surface area contributed by atoms with Crippen molar-refractivity contribution in [2.75, 3.05) is 13.1 Å². The highest BCUT2D eigenvalue weighted by Gasteiger charge is 2.22. The number of benzene rings is 1. The number of hydrogen-bond donors (Lipinski definition) is 3. The molecular weight excluding hydrogens is 240 g/mol. The lowest BCUT2D eigenvalue weighted by atomic mass is 9.91. The van der Waals surface area contributed by atoms with Crippen molar-refractivity contribution in [2.24, 2.45) is 5.92 Å².